The smallest absolute Gasteiger partial charge is 0.311 e. The standard InChI is InChI=1S/C13H10IN3O4/c1-21-12-9(3-2-4-10(12)17(19)20)13(18)16-11-6-5-8(14)7-15-11/h2-7H,1H3,(H,15,16,18). The van der Waals surface area contributed by atoms with Crippen LogP contribution < -0.4 is 10.1 Å². The van der Waals surface area contributed by atoms with E-state index in [0.29, 0.717) is 5.82 Å². The Bertz CT molecular complexity index is 688. The molecule has 0 aliphatic carbocycles. The molecule has 0 aliphatic rings. The Morgan fingerprint density at radius 1 is 1.38 bits per heavy atom. The van der Waals surface area contributed by atoms with Crippen LogP contribution in [0.15, 0.2) is 36.5 Å². The summed E-state index contributed by atoms with van der Waals surface area (Å²) in [4.78, 5) is 26.6. The van der Waals surface area contributed by atoms with Gasteiger partial charge in [0.05, 0.1) is 17.6 Å². The first kappa shape index (κ1) is 15.2. The second-order valence-corrected chi connectivity index (χ2v) is 5.18. The highest BCUT2D eigenvalue weighted by atomic mass is 127. The van der Waals surface area contributed by atoms with Crippen molar-refractivity contribution in [3.05, 3.63) is 55.8 Å². The third-order valence-electron chi connectivity index (χ3n) is 2.61. The maximum Gasteiger partial charge on any atom is 0.311 e. The van der Waals surface area contributed by atoms with E-state index in [9.17, 15) is 14.9 Å². The number of nitrogens with zero attached hydrogens (tertiary/aromatic N) is 2. The minimum absolute atomic E-state index is 0.0760. The number of para-hydroxylation sites is 1. The summed E-state index contributed by atoms with van der Waals surface area (Å²) < 4.78 is 5.92. The van der Waals surface area contributed by atoms with Gasteiger partial charge in [-0.15, -0.1) is 0 Å². The Labute approximate surface area is 133 Å². The molecule has 0 saturated carbocycles. The van der Waals surface area contributed by atoms with Crippen molar-refractivity contribution in [2.75, 3.05) is 12.4 Å². The third kappa shape index (κ3) is 3.45. The highest BCUT2D eigenvalue weighted by molar-refractivity contribution is 14.1. The molecule has 1 N–H and O–H groups in total. The molecule has 0 radical (unpaired) electrons. The van der Waals surface area contributed by atoms with E-state index in [1.54, 1.807) is 18.3 Å². The molecular weight excluding hydrogens is 389 g/mol. The zero-order chi connectivity index (χ0) is 15.4. The van der Waals surface area contributed by atoms with E-state index in [4.69, 9.17) is 4.74 Å². The number of amides is 1. The molecule has 1 heterocycles. The number of halogens is 1. The van der Waals surface area contributed by atoms with Crippen LogP contribution in [-0.4, -0.2) is 22.9 Å². The zero-order valence-corrected chi connectivity index (χ0v) is 13.0. The molecule has 0 spiro atoms. The van der Waals surface area contributed by atoms with Crippen LogP contribution in [0, 0.1) is 13.7 Å². The summed E-state index contributed by atoms with van der Waals surface area (Å²) in [6.07, 6.45) is 1.60. The number of benzene rings is 1. The van der Waals surface area contributed by atoms with Crippen molar-refractivity contribution in [3.63, 3.8) is 0 Å². The van der Waals surface area contributed by atoms with Gasteiger partial charge in [-0.2, -0.15) is 0 Å². The van der Waals surface area contributed by atoms with Gasteiger partial charge < -0.3 is 10.1 Å². The first-order valence-corrected chi connectivity index (χ1v) is 6.85. The van der Waals surface area contributed by atoms with Crippen molar-refractivity contribution in [2.24, 2.45) is 0 Å². The lowest BCUT2D eigenvalue weighted by Gasteiger charge is -2.09. The SMILES string of the molecule is COc1c(C(=O)Nc2ccc(I)cn2)cccc1[N+](=O)[O-]. The van der Waals surface area contributed by atoms with Gasteiger partial charge in [0, 0.05) is 15.8 Å². The normalized spacial score (nSPS) is 10.0. The molecule has 2 aromatic rings. The highest BCUT2D eigenvalue weighted by Gasteiger charge is 2.22. The van der Waals surface area contributed by atoms with Gasteiger partial charge in [0.1, 0.15) is 5.82 Å². The summed E-state index contributed by atoms with van der Waals surface area (Å²) in [5.41, 5.74) is -0.187. The van der Waals surface area contributed by atoms with E-state index < -0.39 is 10.8 Å². The second-order valence-electron chi connectivity index (χ2n) is 3.93. The number of rotatable bonds is 4. The van der Waals surface area contributed by atoms with Crippen LogP contribution in [0.5, 0.6) is 5.75 Å². The molecule has 0 aliphatic heterocycles. The lowest BCUT2D eigenvalue weighted by Crippen LogP contribution is -2.14. The summed E-state index contributed by atoms with van der Waals surface area (Å²) in [5.74, 6) is -0.247. The Balaban J connectivity index is 2.33. The molecule has 1 aromatic carbocycles. The lowest BCUT2D eigenvalue weighted by atomic mass is 10.1. The van der Waals surface area contributed by atoms with Crippen LogP contribution in [0.1, 0.15) is 10.4 Å². The number of nitro groups is 1. The number of anilines is 1. The molecule has 1 aromatic heterocycles. The Morgan fingerprint density at radius 3 is 2.71 bits per heavy atom. The maximum absolute atomic E-state index is 12.2. The predicted octanol–water partition coefficient (Wildman–Crippen LogP) is 2.86. The highest BCUT2D eigenvalue weighted by Crippen LogP contribution is 2.30. The molecule has 0 bridgehead atoms. The average Bonchev–Trinajstić information content (AvgIpc) is 2.48. The van der Waals surface area contributed by atoms with Crippen molar-refractivity contribution in [2.45, 2.75) is 0 Å². The maximum atomic E-state index is 12.2. The molecule has 0 fully saturated rings. The minimum atomic E-state index is -0.598. The molecule has 21 heavy (non-hydrogen) atoms. The van der Waals surface area contributed by atoms with E-state index >= 15 is 0 Å². The van der Waals surface area contributed by atoms with Gasteiger partial charge in [-0.25, -0.2) is 4.98 Å². The molecule has 0 atom stereocenters. The third-order valence-corrected chi connectivity index (χ3v) is 3.25. The summed E-state index contributed by atoms with van der Waals surface area (Å²) >= 11 is 2.09. The van der Waals surface area contributed by atoms with Crippen molar-refractivity contribution in [1.82, 2.24) is 4.98 Å². The van der Waals surface area contributed by atoms with Gasteiger partial charge in [0.25, 0.3) is 5.91 Å². The molecular formula is C13H10IN3O4. The van der Waals surface area contributed by atoms with Crippen molar-refractivity contribution >= 4 is 40.0 Å². The topological polar surface area (TPSA) is 94.4 Å². The number of hydrogen-bond donors (Lipinski definition) is 1. The quantitative estimate of drug-likeness (QED) is 0.485. The Morgan fingerprint density at radius 2 is 2.14 bits per heavy atom. The summed E-state index contributed by atoms with van der Waals surface area (Å²) in [7, 11) is 1.28. The van der Waals surface area contributed by atoms with Gasteiger partial charge >= 0.3 is 5.69 Å². The van der Waals surface area contributed by atoms with Crippen molar-refractivity contribution in [1.29, 1.82) is 0 Å². The number of carbonyl (C=O) groups excluding carboxylic acids is 1. The van der Waals surface area contributed by atoms with Gasteiger partial charge in [-0.05, 0) is 40.8 Å². The Hall–Kier alpha value is -2.23. The van der Waals surface area contributed by atoms with Gasteiger partial charge in [0.2, 0.25) is 5.75 Å². The fourth-order valence-corrected chi connectivity index (χ4v) is 2.01. The Kier molecular flexibility index (Phi) is 4.68. The van der Waals surface area contributed by atoms with Crippen LogP contribution >= 0.6 is 22.6 Å². The number of nitro benzene ring substituents is 1. The van der Waals surface area contributed by atoms with Crippen molar-refractivity contribution < 1.29 is 14.5 Å². The van der Waals surface area contributed by atoms with Crippen LogP contribution in [0.3, 0.4) is 0 Å². The average molecular weight is 399 g/mol. The van der Waals surface area contributed by atoms with Gasteiger partial charge in [-0.1, -0.05) is 6.07 Å². The first-order chi connectivity index (χ1) is 10.0. The fraction of sp³-hybridized carbons (Fsp3) is 0.0769. The van der Waals surface area contributed by atoms with Gasteiger partial charge in [-0.3, -0.25) is 14.9 Å². The fourth-order valence-electron chi connectivity index (χ4n) is 1.70. The second kappa shape index (κ2) is 6.48. The number of methoxy groups -OCH3 is 1. The van der Waals surface area contributed by atoms with Crippen molar-refractivity contribution in [3.8, 4) is 5.75 Å². The van der Waals surface area contributed by atoms with Crippen LogP contribution in [0.25, 0.3) is 0 Å². The number of hydrogen-bond acceptors (Lipinski definition) is 5. The molecule has 2 rings (SSSR count). The summed E-state index contributed by atoms with van der Waals surface area (Å²) in [6.45, 7) is 0. The van der Waals surface area contributed by atoms with E-state index in [1.165, 1.54) is 25.3 Å². The number of nitrogens with one attached hydrogen (secondary N) is 1. The minimum Gasteiger partial charge on any atom is -0.490 e. The molecule has 0 saturated heterocycles. The van der Waals surface area contributed by atoms with Crippen LogP contribution in [-0.2, 0) is 0 Å². The molecule has 108 valence electrons. The van der Waals surface area contributed by atoms with E-state index in [-0.39, 0.29) is 17.0 Å². The predicted molar refractivity (Wildman–Crippen MR) is 84.6 cm³/mol. The summed E-state index contributed by atoms with van der Waals surface area (Å²) in [5, 5.41) is 13.5. The molecule has 7 nitrogen and oxygen atoms in total. The number of pyridine rings is 1. The van der Waals surface area contributed by atoms with E-state index in [0.717, 1.165) is 3.57 Å². The molecule has 8 heteroatoms. The first-order valence-electron chi connectivity index (χ1n) is 5.77. The van der Waals surface area contributed by atoms with Crippen LogP contribution in [0.4, 0.5) is 11.5 Å². The molecule has 0 unspecified atom stereocenters. The summed E-state index contributed by atoms with van der Waals surface area (Å²) in [6, 6.07) is 7.58. The number of aromatic nitrogens is 1. The lowest BCUT2D eigenvalue weighted by molar-refractivity contribution is -0.385. The largest absolute Gasteiger partial charge is 0.490 e. The number of carbonyl (C=O) groups is 1. The van der Waals surface area contributed by atoms with Crippen LogP contribution in [0.2, 0.25) is 0 Å². The zero-order valence-electron chi connectivity index (χ0n) is 10.9. The molecule has 1 amide bonds. The monoisotopic (exact) mass is 399 g/mol. The van der Waals surface area contributed by atoms with E-state index in [2.05, 4.69) is 32.9 Å². The number of ether oxygens (including phenoxy) is 1. The van der Waals surface area contributed by atoms with Gasteiger partial charge in [0.15, 0.2) is 0 Å². The van der Waals surface area contributed by atoms with E-state index in [1.807, 2.05) is 0 Å².